The van der Waals surface area contributed by atoms with Crippen molar-refractivity contribution < 1.29 is 14.6 Å². The van der Waals surface area contributed by atoms with E-state index >= 15 is 0 Å². The van der Waals surface area contributed by atoms with Gasteiger partial charge in [-0.3, -0.25) is 19.0 Å². The van der Waals surface area contributed by atoms with Crippen LogP contribution in [0.4, 0.5) is 5.95 Å². The summed E-state index contributed by atoms with van der Waals surface area (Å²) in [5, 5.41) is 10.4. The summed E-state index contributed by atoms with van der Waals surface area (Å²) >= 11 is 6.42. The number of methoxy groups -OCH3 is 1. The summed E-state index contributed by atoms with van der Waals surface area (Å²) in [5.74, 6) is 0.838. The molecule has 5 rings (SSSR count). The van der Waals surface area contributed by atoms with Gasteiger partial charge in [0.25, 0.3) is 5.56 Å². The molecule has 0 bridgehead atoms. The zero-order valence-electron chi connectivity index (χ0n) is 21.5. The number of fused-ring (bicyclic) bond motifs is 1. The van der Waals surface area contributed by atoms with E-state index in [-0.39, 0.29) is 17.5 Å². The fraction of sp³-hybridized carbons (Fsp3) is 0.333. The van der Waals surface area contributed by atoms with Gasteiger partial charge < -0.3 is 19.6 Å². The lowest BCUT2D eigenvalue weighted by Crippen LogP contribution is -2.55. The van der Waals surface area contributed by atoms with E-state index in [0.717, 1.165) is 16.7 Å². The number of amides is 1. The predicted molar refractivity (Wildman–Crippen MR) is 146 cm³/mol. The Kier molecular flexibility index (Phi) is 7.09. The van der Waals surface area contributed by atoms with Crippen molar-refractivity contribution >= 4 is 34.4 Å². The largest absolute Gasteiger partial charge is 0.494 e. The van der Waals surface area contributed by atoms with Gasteiger partial charge in [-0.15, -0.1) is 0 Å². The van der Waals surface area contributed by atoms with Crippen LogP contribution >= 0.6 is 11.6 Å². The van der Waals surface area contributed by atoms with Gasteiger partial charge in [-0.05, 0) is 30.7 Å². The highest BCUT2D eigenvalue weighted by atomic mass is 35.5. The van der Waals surface area contributed by atoms with Crippen molar-refractivity contribution in [3.05, 3.63) is 69.7 Å². The molecule has 198 valence electrons. The van der Waals surface area contributed by atoms with E-state index in [1.54, 1.807) is 42.2 Å². The number of aromatic nitrogens is 4. The van der Waals surface area contributed by atoms with E-state index in [1.165, 1.54) is 0 Å². The number of anilines is 1. The highest BCUT2D eigenvalue weighted by Crippen LogP contribution is 2.36. The second-order valence-corrected chi connectivity index (χ2v) is 9.74. The minimum Gasteiger partial charge on any atom is -0.494 e. The number of carbonyl (C=O) groups is 1. The quantitative estimate of drug-likeness (QED) is 0.403. The van der Waals surface area contributed by atoms with Crippen molar-refractivity contribution in [1.82, 2.24) is 24.2 Å². The van der Waals surface area contributed by atoms with Gasteiger partial charge in [0.15, 0.2) is 5.75 Å². The predicted octanol–water partition coefficient (Wildman–Crippen LogP) is 2.54. The zero-order valence-corrected chi connectivity index (χ0v) is 22.2. The number of halogens is 1. The second kappa shape index (κ2) is 10.5. The summed E-state index contributed by atoms with van der Waals surface area (Å²) in [5.41, 5.74) is 2.93. The number of piperazine rings is 1. The fourth-order valence-electron chi connectivity index (χ4n) is 5.07. The third kappa shape index (κ3) is 4.50. The standard InChI is InChI=1S/C27H29ClN6O4/c1-17-14-32(10-11-33(17)23(36)16-35)27-29-12-19(13-30-27)20-8-9-21-24(25(20)38-3)34(31(2)26(21)37)15-18-6-4-5-7-22(18)28/h4-9,12-13,17,35H,10-11,14-16H2,1-3H3/t17-/m1/s1. The molecule has 2 aromatic carbocycles. The van der Waals surface area contributed by atoms with Crippen molar-refractivity contribution in [3.8, 4) is 16.9 Å². The molecule has 0 unspecified atom stereocenters. The molecule has 0 spiro atoms. The second-order valence-electron chi connectivity index (χ2n) is 9.33. The minimum absolute atomic E-state index is 0.0675. The summed E-state index contributed by atoms with van der Waals surface area (Å²) in [4.78, 5) is 37.9. The lowest BCUT2D eigenvalue weighted by atomic mass is 10.1. The lowest BCUT2D eigenvalue weighted by molar-refractivity contribution is -0.136. The SMILES string of the molecule is COc1c(-c2cnc(N3CCN(C(=O)CO)[C@H](C)C3)nc2)ccc2c(=O)n(C)n(Cc3ccccc3Cl)c12. The molecule has 1 atom stereocenters. The molecule has 0 saturated carbocycles. The number of nitrogens with zero attached hydrogens (tertiary/aromatic N) is 6. The molecule has 38 heavy (non-hydrogen) atoms. The van der Waals surface area contributed by atoms with Gasteiger partial charge in [-0.2, -0.15) is 0 Å². The van der Waals surface area contributed by atoms with E-state index in [2.05, 4.69) is 9.97 Å². The third-order valence-corrected chi connectivity index (χ3v) is 7.44. The number of ether oxygens (including phenoxy) is 1. The number of aliphatic hydroxyl groups excluding tert-OH is 1. The molecule has 1 N–H and O–H groups in total. The Labute approximate surface area is 224 Å². The molecular weight excluding hydrogens is 508 g/mol. The van der Waals surface area contributed by atoms with Gasteiger partial charge in [0, 0.05) is 61.3 Å². The van der Waals surface area contributed by atoms with Crippen molar-refractivity contribution in [2.75, 3.05) is 38.3 Å². The van der Waals surface area contributed by atoms with Crippen molar-refractivity contribution in [2.45, 2.75) is 19.5 Å². The molecule has 2 aromatic heterocycles. The Morgan fingerprint density at radius 1 is 1.16 bits per heavy atom. The number of aliphatic hydroxyl groups is 1. The van der Waals surface area contributed by atoms with Crippen LogP contribution in [0.25, 0.3) is 22.0 Å². The zero-order chi connectivity index (χ0) is 27.0. The Balaban J connectivity index is 1.49. The van der Waals surface area contributed by atoms with Crippen LogP contribution in [0, 0.1) is 0 Å². The van der Waals surface area contributed by atoms with Crippen molar-refractivity contribution in [1.29, 1.82) is 0 Å². The van der Waals surface area contributed by atoms with E-state index in [9.17, 15) is 14.7 Å². The topological polar surface area (TPSA) is 106 Å². The molecule has 1 aliphatic rings. The van der Waals surface area contributed by atoms with Crippen LogP contribution in [0.5, 0.6) is 5.75 Å². The molecule has 4 aromatic rings. The van der Waals surface area contributed by atoms with Crippen LogP contribution in [0.15, 0.2) is 53.6 Å². The normalized spacial score (nSPS) is 15.8. The maximum absolute atomic E-state index is 13.1. The van der Waals surface area contributed by atoms with E-state index in [4.69, 9.17) is 16.3 Å². The summed E-state index contributed by atoms with van der Waals surface area (Å²) in [6, 6.07) is 11.1. The maximum atomic E-state index is 13.1. The third-order valence-electron chi connectivity index (χ3n) is 7.07. The summed E-state index contributed by atoms with van der Waals surface area (Å²) in [7, 11) is 3.31. The van der Waals surface area contributed by atoms with E-state index < -0.39 is 6.61 Å². The van der Waals surface area contributed by atoms with Gasteiger partial charge in [0.2, 0.25) is 11.9 Å². The molecule has 1 saturated heterocycles. The smallest absolute Gasteiger partial charge is 0.274 e. The summed E-state index contributed by atoms with van der Waals surface area (Å²) in [6.45, 7) is 3.48. The molecular formula is C27H29ClN6O4. The maximum Gasteiger partial charge on any atom is 0.274 e. The number of rotatable bonds is 6. The molecule has 0 radical (unpaired) electrons. The average molecular weight is 537 g/mol. The monoisotopic (exact) mass is 536 g/mol. The first kappa shape index (κ1) is 25.7. The first-order valence-electron chi connectivity index (χ1n) is 12.3. The Bertz CT molecular complexity index is 1550. The van der Waals surface area contributed by atoms with Gasteiger partial charge in [-0.25, -0.2) is 9.97 Å². The van der Waals surface area contributed by atoms with E-state index in [1.807, 2.05) is 46.8 Å². The van der Waals surface area contributed by atoms with Gasteiger partial charge >= 0.3 is 0 Å². The molecule has 3 heterocycles. The van der Waals surface area contributed by atoms with Gasteiger partial charge in [-0.1, -0.05) is 29.8 Å². The summed E-state index contributed by atoms with van der Waals surface area (Å²) < 4.78 is 9.30. The number of benzene rings is 2. The molecule has 0 aliphatic carbocycles. The Morgan fingerprint density at radius 2 is 1.89 bits per heavy atom. The van der Waals surface area contributed by atoms with Gasteiger partial charge in [0.1, 0.15) is 12.1 Å². The first-order chi connectivity index (χ1) is 18.3. The Hall–Kier alpha value is -3.89. The highest BCUT2D eigenvalue weighted by Gasteiger charge is 2.28. The molecule has 11 heteroatoms. The average Bonchev–Trinajstić information content (AvgIpc) is 3.18. The molecule has 10 nitrogen and oxygen atoms in total. The van der Waals surface area contributed by atoms with Crippen LogP contribution in [-0.2, 0) is 18.4 Å². The van der Waals surface area contributed by atoms with E-state index in [0.29, 0.717) is 53.8 Å². The highest BCUT2D eigenvalue weighted by molar-refractivity contribution is 6.31. The summed E-state index contributed by atoms with van der Waals surface area (Å²) in [6.07, 6.45) is 3.47. The van der Waals surface area contributed by atoms with Crippen LogP contribution in [0.1, 0.15) is 12.5 Å². The molecule has 1 fully saturated rings. The van der Waals surface area contributed by atoms with Crippen molar-refractivity contribution in [2.24, 2.45) is 7.05 Å². The minimum atomic E-state index is -0.491. The number of hydrogen-bond acceptors (Lipinski definition) is 7. The lowest BCUT2D eigenvalue weighted by Gasteiger charge is -2.39. The van der Waals surface area contributed by atoms with Crippen LogP contribution < -0.4 is 15.2 Å². The molecule has 1 amide bonds. The first-order valence-corrected chi connectivity index (χ1v) is 12.7. The Morgan fingerprint density at radius 3 is 2.55 bits per heavy atom. The van der Waals surface area contributed by atoms with Gasteiger partial charge in [0.05, 0.1) is 19.0 Å². The van der Waals surface area contributed by atoms with Crippen molar-refractivity contribution in [3.63, 3.8) is 0 Å². The van der Waals surface area contributed by atoms with Crippen LogP contribution in [0.3, 0.4) is 0 Å². The number of hydrogen-bond donors (Lipinski definition) is 1. The molecule has 1 aliphatic heterocycles. The number of carbonyl (C=O) groups excluding carboxylic acids is 1. The van der Waals surface area contributed by atoms with Crippen LogP contribution in [-0.4, -0.2) is 74.6 Å². The van der Waals surface area contributed by atoms with Crippen LogP contribution in [0.2, 0.25) is 5.02 Å². The fourth-order valence-corrected chi connectivity index (χ4v) is 5.26.